The Morgan fingerprint density at radius 2 is 1.74 bits per heavy atom. The molecule has 0 radical (unpaired) electrons. The molecule has 0 aliphatic heterocycles. The summed E-state index contributed by atoms with van der Waals surface area (Å²) in [7, 11) is 0. The summed E-state index contributed by atoms with van der Waals surface area (Å²) in [5.74, 6) is 0.223. The Morgan fingerprint density at radius 3 is 2.48 bits per heavy atom. The first kappa shape index (κ1) is 17.7. The zero-order valence-corrected chi connectivity index (χ0v) is 16.4. The highest BCUT2D eigenvalue weighted by atomic mass is 79.9. The minimum Gasteiger partial charge on any atom is -0.293 e. The van der Waals surface area contributed by atoms with E-state index < -0.39 is 0 Å². The summed E-state index contributed by atoms with van der Waals surface area (Å²) >= 11 is 4.64. The quantitative estimate of drug-likeness (QED) is 0.350. The van der Waals surface area contributed by atoms with Gasteiger partial charge in [-0.05, 0) is 24.3 Å². The van der Waals surface area contributed by atoms with Crippen molar-refractivity contribution in [2.75, 3.05) is 5.75 Å². The summed E-state index contributed by atoms with van der Waals surface area (Å²) in [5, 5.41) is 8.59. The third kappa shape index (κ3) is 3.58. The number of fused-ring (bicyclic) bond motifs is 1. The molecule has 0 N–H and O–H groups in total. The molecule has 0 atom stereocenters. The number of hydrogen-bond donors (Lipinski definition) is 0. The number of ketones is 1. The van der Waals surface area contributed by atoms with Crippen molar-refractivity contribution in [1.82, 2.24) is 19.2 Å². The van der Waals surface area contributed by atoms with E-state index in [1.807, 2.05) is 42.5 Å². The summed E-state index contributed by atoms with van der Waals surface area (Å²) in [6.07, 6.45) is 3.40. The fourth-order valence-corrected chi connectivity index (χ4v) is 3.68. The van der Waals surface area contributed by atoms with E-state index in [-0.39, 0.29) is 22.7 Å². The Bertz CT molecular complexity index is 1170. The molecule has 134 valence electrons. The van der Waals surface area contributed by atoms with E-state index in [1.54, 1.807) is 28.9 Å². The molecule has 0 amide bonds. The highest BCUT2D eigenvalue weighted by Crippen LogP contribution is 2.18. The van der Waals surface area contributed by atoms with Gasteiger partial charge in [-0.25, -0.2) is 0 Å². The molecule has 2 heterocycles. The summed E-state index contributed by atoms with van der Waals surface area (Å²) in [5.41, 5.74) is 1.34. The van der Waals surface area contributed by atoms with Crippen molar-refractivity contribution in [3.8, 4) is 5.69 Å². The molecule has 4 rings (SSSR count). The van der Waals surface area contributed by atoms with Gasteiger partial charge in [-0.15, -0.1) is 10.2 Å². The Balaban J connectivity index is 1.61. The van der Waals surface area contributed by atoms with E-state index in [0.717, 1.165) is 10.2 Å². The van der Waals surface area contributed by atoms with Gasteiger partial charge in [0.2, 0.25) is 5.65 Å². The van der Waals surface area contributed by atoms with Gasteiger partial charge in [0.05, 0.1) is 5.75 Å². The second-order valence-electron chi connectivity index (χ2n) is 5.70. The lowest BCUT2D eigenvalue weighted by atomic mass is 10.2. The molecule has 0 saturated carbocycles. The fourth-order valence-electron chi connectivity index (χ4n) is 2.61. The number of benzene rings is 2. The van der Waals surface area contributed by atoms with Crippen LogP contribution in [0.25, 0.3) is 11.3 Å². The molecule has 27 heavy (non-hydrogen) atoms. The van der Waals surface area contributed by atoms with Crippen LogP contribution in [0, 0.1) is 0 Å². The van der Waals surface area contributed by atoms with E-state index in [1.165, 1.54) is 16.3 Å². The molecule has 0 saturated heterocycles. The van der Waals surface area contributed by atoms with Crippen LogP contribution in [0.2, 0.25) is 0 Å². The van der Waals surface area contributed by atoms with Crippen molar-refractivity contribution < 1.29 is 4.79 Å². The molecule has 0 aliphatic rings. The summed E-state index contributed by atoms with van der Waals surface area (Å²) in [6, 6.07) is 16.5. The van der Waals surface area contributed by atoms with E-state index in [9.17, 15) is 9.59 Å². The van der Waals surface area contributed by atoms with E-state index in [4.69, 9.17) is 0 Å². The van der Waals surface area contributed by atoms with Crippen LogP contribution in [0.1, 0.15) is 10.4 Å². The van der Waals surface area contributed by atoms with Crippen LogP contribution in [-0.2, 0) is 0 Å². The van der Waals surface area contributed by atoms with Crippen molar-refractivity contribution in [2.24, 2.45) is 0 Å². The van der Waals surface area contributed by atoms with Crippen molar-refractivity contribution >= 4 is 39.1 Å². The maximum Gasteiger partial charge on any atom is 0.300 e. The third-order valence-corrected chi connectivity index (χ3v) is 5.44. The zero-order valence-electron chi connectivity index (χ0n) is 13.9. The largest absolute Gasteiger partial charge is 0.300 e. The van der Waals surface area contributed by atoms with Crippen LogP contribution >= 0.6 is 27.7 Å². The SMILES string of the molecule is O=C(CSc1nnc2c(=O)n(-c3ccc(Br)cc3)ccn12)c1ccccc1. The lowest BCUT2D eigenvalue weighted by Gasteiger charge is -2.06. The van der Waals surface area contributed by atoms with Gasteiger partial charge in [-0.1, -0.05) is 58.0 Å². The van der Waals surface area contributed by atoms with Crippen LogP contribution < -0.4 is 5.56 Å². The number of aromatic nitrogens is 4. The number of rotatable bonds is 5. The van der Waals surface area contributed by atoms with Crippen molar-refractivity contribution in [3.05, 3.63) is 87.4 Å². The maximum absolute atomic E-state index is 12.7. The number of Topliss-reactive ketones (excluding diaryl/α,β-unsaturated/α-hetero) is 1. The van der Waals surface area contributed by atoms with E-state index in [0.29, 0.717) is 10.7 Å². The Hall–Kier alpha value is -2.71. The Labute approximate surface area is 167 Å². The minimum atomic E-state index is -0.270. The second kappa shape index (κ2) is 7.50. The molecule has 0 bridgehead atoms. The molecule has 2 aromatic heterocycles. The zero-order chi connectivity index (χ0) is 18.8. The highest BCUT2D eigenvalue weighted by molar-refractivity contribution is 9.10. The lowest BCUT2D eigenvalue weighted by molar-refractivity contribution is 0.102. The third-order valence-electron chi connectivity index (χ3n) is 3.97. The van der Waals surface area contributed by atoms with Crippen LogP contribution in [0.5, 0.6) is 0 Å². The first-order chi connectivity index (χ1) is 13.1. The van der Waals surface area contributed by atoms with Gasteiger partial charge in [-0.3, -0.25) is 18.6 Å². The minimum absolute atomic E-state index is 0.000513. The van der Waals surface area contributed by atoms with Crippen LogP contribution in [0.15, 0.2) is 81.4 Å². The van der Waals surface area contributed by atoms with Crippen LogP contribution in [-0.4, -0.2) is 30.7 Å². The van der Waals surface area contributed by atoms with Gasteiger partial charge < -0.3 is 0 Å². The van der Waals surface area contributed by atoms with Gasteiger partial charge in [0.15, 0.2) is 10.9 Å². The lowest BCUT2D eigenvalue weighted by Crippen LogP contribution is -2.20. The molecule has 0 fully saturated rings. The van der Waals surface area contributed by atoms with E-state index in [2.05, 4.69) is 26.1 Å². The summed E-state index contributed by atoms with van der Waals surface area (Å²) in [6.45, 7) is 0. The van der Waals surface area contributed by atoms with Gasteiger partial charge in [-0.2, -0.15) is 0 Å². The van der Waals surface area contributed by atoms with Crippen LogP contribution in [0.4, 0.5) is 0 Å². The first-order valence-corrected chi connectivity index (χ1v) is 9.85. The monoisotopic (exact) mass is 440 g/mol. The molecule has 4 aromatic rings. The molecule has 0 aliphatic carbocycles. The van der Waals surface area contributed by atoms with Gasteiger partial charge in [0, 0.05) is 28.1 Å². The molecule has 0 unspecified atom stereocenters. The summed E-state index contributed by atoms with van der Waals surface area (Å²) < 4.78 is 4.06. The maximum atomic E-state index is 12.7. The molecule has 6 nitrogen and oxygen atoms in total. The van der Waals surface area contributed by atoms with E-state index >= 15 is 0 Å². The fraction of sp³-hybridized carbons (Fsp3) is 0.0526. The number of nitrogens with zero attached hydrogens (tertiary/aromatic N) is 4. The van der Waals surface area contributed by atoms with Gasteiger partial charge >= 0.3 is 5.56 Å². The first-order valence-electron chi connectivity index (χ1n) is 8.07. The standard InChI is InChI=1S/C19H13BrN4O2S/c20-14-6-8-15(9-7-14)23-10-11-24-17(18(23)26)21-22-19(24)27-12-16(25)13-4-2-1-3-5-13/h1-11H,12H2. The highest BCUT2D eigenvalue weighted by Gasteiger charge is 2.14. The molecule has 2 aromatic carbocycles. The number of halogens is 1. The van der Waals surface area contributed by atoms with Gasteiger partial charge in [0.1, 0.15) is 0 Å². The molecular weight excluding hydrogens is 428 g/mol. The normalized spacial score (nSPS) is 11.0. The number of thioether (sulfide) groups is 1. The van der Waals surface area contributed by atoms with Crippen LogP contribution in [0.3, 0.4) is 0 Å². The summed E-state index contributed by atoms with van der Waals surface area (Å²) in [4.78, 5) is 25.0. The second-order valence-corrected chi connectivity index (χ2v) is 7.56. The molecule has 0 spiro atoms. The van der Waals surface area contributed by atoms with Crippen molar-refractivity contribution in [1.29, 1.82) is 0 Å². The van der Waals surface area contributed by atoms with Gasteiger partial charge in [0.25, 0.3) is 0 Å². The number of hydrogen-bond acceptors (Lipinski definition) is 5. The molecule has 8 heteroatoms. The predicted molar refractivity (Wildman–Crippen MR) is 108 cm³/mol. The Morgan fingerprint density at radius 1 is 1.00 bits per heavy atom. The number of carbonyl (C=O) groups is 1. The smallest absolute Gasteiger partial charge is 0.293 e. The number of carbonyl (C=O) groups excluding carboxylic acids is 1. The average Bonchev–Trinajstić information content (AvgIpc) is 3.12. The Kier molecular flexibility index (Phi) is 4.91. The topological polar surface area (TPSA) is 69.3 Å². The molecular formula is C19H13BrN4O2S. The average molecular weight is 441 g/mol. The predicted octanol–water partition coefficient (Wildman–Crippen LogP) is 3.62. The van der Waals surface area contributed by atoms with Crippen molar-refractivity contribution in [3.63, 3.8) is 0 Å². The van der Waals surface area contributed by atoms with Crippen molar-refractivity contribution in [2.45, 2.75) is 5.16 Å².